The Morgan fingerprint density at radius 1 is 1.10 bits per heavy atom. The molecule has 3 aromatic carbocycles. The van der Waals surface area contributed by atoms with E-state index in [9.17, 15) is 9.59 Å². The predicted octanol–water partition coefficient (Wildman–Crippen LogP) is 4.31. The highest BCUT2D eigenvalue weighted by Crippen LogP contribution is 2.36. The molecule has 3 aromatic rings. The van der Waals surface area contributed by atoms with Crippen LogP contribution in [0.15, 0.2) is 65.6 Å². The molecule has 2 amide bonds. The largest absolute Gasteiger partial charge is 0.497 e. The Labute approximate surface area is 174 Å². The van der Waals surface area contributed by atoms with Gasteiger partial charge >= 0.3 is 0 Å². The van der Waals surface area contributed by atoms with Crippen LogP contribution in [0.25, 0.3) is 10.8 Å². The van der Waals surface area contributed by atoms with E-state index >= 15 is 0 Å². The van der Waals surface area contributed by atoms with E-state index in [-0.39, 0.29) is 18.2 Å². The first kappa shape index (κ1) is 19.3. The van der Waals surface area contributed by atoms with Gasteiger partial charge in [0, 0.05) is 24.9 Å². The highest BCUT2D eigenvalue weighted by Gasteiger charge is 2.29. The zero-order valence-electron chi connectivity index (χ0n) is 16.3. The van der Waals surface area contributed by atoms with Gasteiger partial charge in [0.25, 0.3) is 0 Å². The topological polar surface area (TPSA) is 58.6 Å². The fraction of sp³-hybridized carbons (Fsp3) is 0.217. The Bertz CT molecular complexity index is 1080. The summed E-state index contributed by atoms with van der Waals surface area (Å²) in [5.74, 6) is 0.657. The number of carbonyl (C=O) groups is 2. The minimum atomic E-state index is -0.413. The number of nitrogens with one attached hydrogen (secondary N) is 1. The van der Waals surface area contributed by atoms with Crippen molar-refractivity contribution in [1.29, 1.82) is 0 Å². The van der Waals surface area contributed by atoms with Gasteiger partial charge in [0.15, 0.2) is 0 Å². The number of para-hydroxylation sites is 1. The number of benzene rings is 3. The molecule has 1 N–H and O–H groups in total. The van der Waals surface area contributed by atoms with Gasteiger partial charge in [0.05, 0.1) is 18.0 Å². The van der Waals surface area contributed by atoms with Crippen molar-refractivity contribution in [1.82, 2.24) is 4.90 Å². The number of carbonyl (C=O) groups excluding carboxylic acids is 2. The third-order valence-electron chi connectivity index (χ3n) is 5.02. The molecule has 0 spiro atoms. The molecule has 0 fully saturated rings. The van der Waals surface area contributed by atoms with Crippen LogP contribution in [0.4, 0.5) is 5.69 Å². The highest BCUT2D eigenvalue weighted by molar-refractivity contribution is 8.01. The van der Waals surface area contributed by atoms with E-state index in [1.165, 1.54) is 11.8 Å². The maximum atomic E-state index is 12.7. The van der Waals surface area contributed by atoms with Gasteiger partial charge < -0.3 is 15.0 Å². The molecule has 0 saturated carbocycles. The predicted molar refractivity (Wildman–Crippen MR) is 116 cm³/mol. The molecule has 0 unspecified atom stereocenters. The lowest BCUT2D eigenvalue weighted by Crippen LogP contribution is -2.35. The number of hydrogen-bond donors (Lipinski definition) is 1. The lowest BCUT2D eigenvalue weighted by molar-refractivity contribution is -0.131. The van der Waals surface area contributed by atoms with Gasteiger partial charge in [0.1, 0.15) is 5.75 Å². The van der Waals surface area contributed by atoms with Gasteiger partial charge in [0.2, 0.25) is 11.8 Å². The van der Waals surface area contributed by atoms with E-state index in [2.05, 4.69) is 11.4 Å². The average Bonchev–Trinajstić information content (AvgIpc) is 2.73. The summed E-state index contributed by atoms with van der Waals surface area (Å²) < 4.78 is 5.26. The second-order valence-corrected chi connectivity index (χ2v) is 8.34. The number of amides is 2. The highest BCUT2D eigenvalue weighted by atomic mass is 32.2. The van der Waals surface area contributed by atoms with Crippen molar-refractivity contribution in [2.75, 3.05) is 19.5 Å². The Balaban J connectivity index is 1.42. The molecule has 5 nitrogen and oxygen atoms in total. The summed E-state index contributed by atoms with van der Waals surface area (Å²) in [6.07, 6.45) is 0.173. The smallest absolute Gasteiger partial charge is 0.238 e. The molecule has 0 saturated heterocycles. The monoisotopic (exact) mass is 406 g/mol. The first-order valence-electron chi connectivity index (χ1n) is 9.40. The fourth-order valence-corrected chi connectivity index (χ4v) is 4.50. The normalized spacial score (nSPS) is 15.5. The Hall–Kier alpha value is -2.99. The summed E-state index contributed by atoms with van der Waals surface area (Å²) in [7, 11) is 3.43. The number of rotatable bonds is 5. The Morgan fingerprint density at radius 3 is 2.69 bits per heavy atom. The maximum absolute atomic E-state index is 12.7. The van der Waals surface area contributed by atoms with Crippen molar-refractivity contribution in [3.63, 3.8) is 0 Å². The number of nitrogens with zero attached hydrogens (tertiary/aromatic N) is 1. The van der Waals surface area contributed by atoms with Crippen LogP contribution in [-0.2, 0) is 16.1 Å². The van der Waals surface area contributed by atoms with E-state index in [1.54, 1.807) is 19.1 Å². The van der Waals surface area contributed by atoms with Crippen LogP contribution in [0.1, 0.15) is 12.0 Å². The minimum absolute atomic E-state index is 0.0492. The van der Waals surface area contributed by atoms with E-state index in [1.807, 2.05) is 54.6 Å². The lowest BCUT2D eigenvalue weighted by atomic mass is 10.1. The molecule has 1 aliphatic heterocycles. The van der Waals surface area contributed by atoms with Crippen molar-refractivity contribution in [3.05, 3.63) is 66.2 Å². The van der Waals surface area contributed by atoms with Crippen LogP contribution >= 0.6 is 11.8 Å². The summed E-state index contributed by atoms with van der Waals surface area (Å²) in [6, 6.07) is 19.7. The maximum Gasteiger partial charge on any atom is 0.238 e. The quantitative estimate of drug-likeness (QED) is 0.686. The van der Waals surface area contributed by atoms with E-state index in [0.717, 1.165) is 32.7 Å². The minimum Gasteiger partial charge on any atom is -0.497 e. The van der Waals surface area contributed by atoms with Crippen LogP contribution in [-0.4, -0.2) is 36.1 Å². The van der Waals surface area contributed by atoms with Gasteiger partial charge in [-0.2, -0.15) is 0 Å². The van der Waals surface area contributed by atoms with Crippen LogP contribution < -0.4 is 10.1 Å². The van der Waals surface area contributed by atoms with Crippen molar-refractivity contribution >= 4 is 40.0 Å². The van der Waals surface area contributed by atoms with Gasteiger partial charge in [-0.15, -0.1) is 11.8 Å². The molecule has 0 aliphatic carbocycles. The molecular formula is C23H22N2O3S. The third kappa shape index (κ3) is 4.22. The molecule has 0 radical (unpaired) electrons. The Kier molecular flexibility index (Phi) is 5.45. The number of anilines is 1. The zero-order valence-corrected chi connectivity index (χ0v) is 17.2. The molecule has 6 heteroatoms. The molecule has 1 atom stereocenters. The first-order chi connectivity index (χ1) is 14.0. The van der Waals surface area contributed by atoms with Gasteiger partial charge in [-0.3, -0.25) is 9.59 Å². The molecular weight excluding hydrogens is 384 g/mol. The molecule has 148 valence electrons. The van der Waals surface area contributed by atoms with Crippen LogP contribution in [0.2, 0.25) is 0 Å². The number of hydrogen-bond acceptors (Lipinski definition) is 4. The van der Waals surface area contributed by atoms with Crippen molar-refractivity contribution in [3.8, 4) is 5.75 Å². The molecule has 1 aliphatic rings. The third-order valence-corrected chi connectivity index (χ3v) is 6.30. The second-order valence-electron chi connectivity index (χ2n) is 7.09. The van der Waals surface area contributed by atoms with Gasteiger partial charge in [-0.05, 0) is 46.7 Å². The van der Waals surface area contributed by atoms with Crippen LogP contribution in [0.5, 0.6) is 5.75 Å². The summed E-state index contributed by atoms with van der Waals surface area (Å²) >= 11 is 1.45. The van der Waals surface area contributed by atoms with Gasteiger partial charge in [-0.25, -0.2) is 0 Å². The molecule has 0 aromatic heterocycles. The molecule has 1 heterocycles. The Morgan fingerprint density at radius 2 is 1.86 bits per heavy atom. The summed E-state index contributed by atoms with van der Waals surface area (Å²) in [4.78, 5) is 27.8. The summed E-state index contributed by atoms with van der Waals surface area (Å²) in [6.45, 7) is 0.496. The fourth-order valence-electron chi connectivity index (χ4n) is 3.40. The number of methoxy groups -OCH3 is 1. The lowest BCUT2D eigenvalue weighted by Gasteiger charge is -2.25. The standard InChI is InChI=1S/C23H22N2O3S/c1-25(14-15-7-8-17-12-18(28-2)10-9-16(17)11-15)22(26)13-21-23(27)24-19-5-3-4-6-20(19)29-21/h3-12,21H,13-14H2,1-2H3,(H,24,27)/t21-/m0/s1. The van der Waals surface area contributed by atoms with E-state index < -0.39 is 5.25 Å². The average molecular weight is 407 g/mol. The summed E-state index contributed by atoms with van der Waals surface area (Å²) in [5, 5.41) is 4.67. The first-order valence-corrected chi connectivity index (χ1v) is 10.3. The van der Waals surface area contributed by atoms with E-state index in [4.69, 9.17) is 4.74 Å². The number of ether oxygens (including phenoxy) is 1. The SMILES string of the molecule is COc1ccc2cc(CN(C)C(=O)C[C@@H]3Sc4ccccc4NC3=O)ccc2c1. The number of thioether (sulfide) groups is 1. The summed E-state index contributed by atoms with van der Waals surface area (Å²) in [5.41, 5.74) is 1.86. The zero-order chi connectivity index (χ0) is 20.4. The van der Waals surface area contributed by atoms with Crippen LogP contribution in [0, 0.1) is 0 Å². The molecule has 29 heavy (non-hydrogen) atoms. The van der Waals surface area contributed by atoms with E-state index in [0.29, 0.717) is 6.54 Å². The van der Waals surface area contributed by atoms with Crippen molar-refractivity contribution < 1.29 is 14.3 Å². The van der Waals surface area contributed by atoms with Crippen molar-refractivity contribution in [2.24, 2.45) is 0 Å². The van der Waals surface area contributed by atoms with Gasteiger partial charge in [-0.1, -0.05) is 30.3 Å². The second kappa shape index (κ2) is 8.17. The van der Waals surface area contributed by atoms with Crippen molar-refractivity contribution in [2.45, 2.75) is 23.1 Å². The van der Waals surface area contributed by atoms with Crippen LogP contribution in [0.3, 0.4) is 0 Å². The molecule has 0 bridgehead atoms. The number of fused-ring (bicyclic) bond motifs is 2. The molecule has 4 rings (SSSR count).